The normalized spacial score (nSPS) is 13.7. The molecule has 5 atom stereocenters. The topological polar surface area (TPSA) is 209 Å². The van der Waals surface area contributed by atoms with Crippen molar-refractivity contribution in [3.8, 4) is 0 Å². The molecule has 0 aliphatic carbocycles. The van der Waals surface area contributed by atoms with Gasteiger partial charge in [-0.05, 0) is 31.4 Å². The van der Waals surface area contributed by atoms with Gasteiger partial charge in [0.05, 0.1) is 25.2 Å². The molecule has 0 aromatic heterocycles. The number of aliphatic hydroxyl groups excluding tert-OH is 1. The Morgan fingerprint density at radius 3 is 1.88 bits per heavy atom. The highest BCUT2D eigenvalue weighted by Gasteiger charge is 2.29. The van der Waals surface area contributed by atoms with Crippen LogP contribution in [0.15, 0.2) is 30.3 Å². The molecule has 0 fully saturated rings. The highest BCUT2D eigenvalue weighted by molar-refractivity contribution is 5.94. The maximum Gasteiger partial charge on any atom is 0.243 e. The molecule has 0 saturated heterocycles. The maximum atomic E-state index is 13.1. The Balaban J connectivity index is 0. The van der Waals surface area contributed by atoms with Crippen molar-refractivity contribution in [2.75, 3.05) is 27.2 Å². The predicted molar refractivity (Wildman–Crippen MR) is 161 cm³/mol. The van der Waals surface area contributed by atoms with Crippen LogP contribution in [0.2, 0.25) is 0 Å². The van der Waals surface area contributed by atoms with Gasteiger partial charge in [-0.15, -0.1) is 0 Å². The summed E-state index contributed by atoms with van der Waals surface area (Å²) in [5.41, 5.74) is 5.74. The molecule has 0 aliphatic rings. The van der Waals surface area contributed by atoms with E-state index in [1.807, 2.05) is 44.2 Å². The molecule has 1 aromatic rings. The molecule has 4 amide bonds. The molecule has 1 aromatic carbocycles. The SMILES string of the molecule is CC(N)C=O.CCC(C)C(NC)C(=O)NCC(=O)NC(Cc1ccccc1)C(=O)NC(C(=O)NCC=O)C(C)C.CO. The summed E-state index contributed by atoms with van der Waals surface area (Å²) in [6.45, 7) is 8.63. The first-order valence-corrected chi connectivity index (χ1v) is 13.9. The molecule has 0 saturated carbocycles. The van der Waals surface area contributed by atoms with Crippen LogP contribution in [0.25, 0.3) is 0 Å². The highest BCUT2D eigenvalue weighted by atomic mass is 16.2. The first-order chi connectivity index (χ1) is 19.9. The van der Waals surface area contributed by atoms with Crippen molar-refractivity contribution < 1.29 is 33.9 Å². The van der Waals surface area contributed by atoms with Crippen molar-refractivity contribution in [2.24, 2.45) is 17.6 Å². The number of amides is 4. The second-order valence-electron chi connectivity index (χ2n) is 9.82. The fourth-order valence-electron chi connectivity index (χ4n) is 3.53. The Morgan fingerprint density at radius 2 is 1.43 bits per heavy atom. The Bertz CT molecular complexity index is 944. The average Bonchev–Trinajstić information content (AvgIpc) is 2.98. The van der Waals surface area contributed by atoms with E-state index in [4.69, 9.17) is 10.8 Å². The standard InChI is InChI=1S/C25H39N5O5.C3H7NO.CH4O/c1-6-17(4)22(26-5)25(35)28-15-20(32)29-19(14-18-10-8-7-9-11-18)23(33)30-21(16(2)3)24(34)27-12-13-31;1-3(4)2-5;1-2/h7-11,13,16-17,19,21-22,26H,6,12,14-15H2,1-5H3,(H,27,34)(H,28,35)(H,29,32)(H,30,33);2-3H,4H2,1H3;2H,1H3. The van der Waals surface area contributed by atoms with Gasteiger partial charge in [0.1, 0.15) is 24.7 Å². The predicted octanol–water partition coefficient (Wildman–Crippen LogP) is -0.939. The second-order valence-corrected chi connectivity index (χ2v) is 9.82. The number of aliphatic hydroxyl groups is 1. The van der Waals surface area contributed by atoms with Gasteiger partial charge in [-0.25, -0.2) is 0 Å². The summed E-state index contributed by atoms with van der Waals surface area (Å²) >= 11 is 0. The van der Waals surface area contributed by atoms with Crippen molar-refractivity contribution in [3.05, 3.63) is 35.9 Å². The fraction of sp³-hybridized carbons (Fsp3) is 0.586. The number of aldehydes is 2. The van der Waals surface area contributed by atoms with Gasteiger partial charge in [-0.1, -0.05) is 64.4 Å². The zero-order chi connectivity index (χ0) is 32.7. The van der Waals surface area contributed by atoms with Gasteiger partial charge >= 0.3 is 0 Å². The zero-order valence-corrected chi connectivity index (χ0v) is 25.8. The molecule has 13 nitrogen and oxygen atoms in total. The number of nitrogens with two attached hydrogens (primary N) is 1. The lowest BCUT2D eigenvalue weighted by atomic mass is 9.98. The summed E-state index contributed by atoms with van der Waals surface area (Å²) in [5.74, 6) is -2.02. The minimum Gasteiger partial charge on any atom is -0.400 e. The fourth-order valence-corrected chi connectivity index (χ4v) is 3.53. The molecule has 0 aliphatic heterocycles. The van der Waals surface area contributed by atoms with Gasteiger partial charge < -0.3 is 47.0 Å². The van der Waals surface area contributed by atoms with Crippen LogP contribution >= 0.6 is 0 Å². The summed E-state index contributed by atoms with van der Waals surface area (Å²) in [5, 5.41) is 20.4. The third kappa shape index (κ3) is 17.2. The first kappa shape index (κ1) is 40.5. The van der Waals surface area contributed by atoms with Gasteiger partial charge in [0.2, 0.25) is 23.6 Å². The van der Waals surface area contributed by atoms with Gasteiger partial charge in [0.15, 0.2) is 0 Å². The van der Waals surface area contributed by atoms with E-state index in [0.29, 0.717) is 12.6 Å². The number of benzene rings is 1. The highest BCUT2D eigenvalue weighted by Crippen LogP contribution is 2.08. The minimum atomic E-state index is -0.975. The van der Waals surface area contributed by atoms with Gasteiger partial charge in [-0.3, -0.25) is 19.2 Å². The zero-order valence-electron chi connectivity index (χ0n) is 25.8. The molecular weight excluding hydrogens is 544 g/mol. The van der Waals surface area contributed by atoms with Crippen molar-refractivity contribution in [1.29, 1.82) is 0 Å². The second kappa shape index (κ2) is 24.0. The third-order valence-electron chi connectivity index (χ3n) is 5.99. The van der Waals surface area contributed by atoms with Crippen LogP contribution in [0.5, 0.6) is 0 Å². The number of likely N-dealkylation sites (N-methyl/N-ethyl adjacent to an activating group) is 1. The van der Waals surface area contributed by atoms with Crippen LogP contribution in [-0.4, -0.2) is 92.7 Å². The van der Waals surface area contributed by atoms with Crippen molar-refractivity contribution >= 4 is 36.2 Å². The number of rotatable bonds is 16. The smallest absolute Gasteiger partial charge is 0.243 e. The number of carbonyl (C=O) groups is 6. The average molecular weight is 595 g/mol. The van der Waals surface area contributed by atoms with E-state index in [2.05, 4.69) is 26.6 Å². The first-order valence-electron chi connectivity index (χ1n) is 13.9. The molecule has 0 radical (unpaired) electrons. The molecular formula is C29H50N6O7. The lowest BCUT2D eigenvalue weighted by Gasteiger charge is -2.25. The summed E-state index contributed by atoms with van der Waals surface area (Å²) in [4.78, 5) is 70.6. The van der Waals surface area contributed by atoms with E-state index in [-0.39, 0.29) is 43.3 Å². The molecule has 5 unspecified atom stereocenters. The summed E-state index contributed by atoms with van der Waals surface area (Å²) in [6.07, 6.45) is 2.24. The molecule has 0 heterocycles. The molecule has 42 heavy (non-hydrogen) atoms. The van der Waals surface area contributed by atoms with Crippen LogP contribution in [0.4, 0.5) is 0 Å². The summed E-state index contributed by atoms with van der Waals surface area (Å²) < 4.78 is 0. The maximum absolute atomic E-state index is 13.1. The molecule has 0 spiro atoms. The Morgan fingerprint density at radius 1 is 0.881 bits per heavy atom. The number of carbonyl (C=O) groups excluding carboxylic acids is 6. The third-order valence-corrected chi connectivity index (χ3v) is 5.99. The van der Waals surface area contributed by atoms with E-state index in [9.17, 15) is 28.8 Å². The molecule has 13 heteroatoms. The van der Waals surface area contributed by atoms with Crippen LogP contribution in [0, 0.1) is 11.8 Å². The van der Waals surface area contributed by atoms with Crippen LogP contribution in [-0.2, 0) is 35.2 Å². The van der Waals surface area contributed by atoms with Crippen molar-refractivity contribution in [1.82, 2.24) is 26.6 Å². The largest absolute Gasteiger partial charge is 0.400 e. The molecule has 238 valence electrons. The van der Waals surface area contributed by atoms with E-state index in [1.54, 1.807) is 27.8 Å². The Kier molecular flexibility index (Phi) is 23.1. The molecule has 8 N–H and O–H groups in total. The molecule has 0 bridgehead atoms. The van der Waals surface area contributed by atoms with E-state index in [1.165, 1.54) is 0 Å². The number of nitrogens with one attached hydrogen (secondary N) is 5. The van der Waals surface area contributed by atoms with Gasteiger partial charge in [0, 0.05) is 13.5 Å². The Hall–Kier alpha value is -3.68. The molecule has 1 rings (SSSR count). The van der Waals surface area contributed by atoms with Crippen LogP contribution in [0.1, 0.15) is 46.6 Å². The van der Waals surface area contributed by atoms with Crippen LogP contribution < -0.4 is 32.3 Å². The Labute approximate surface area is 249 Å². The van der Waals surface area contributed by atoms with Gasteiger partial charge in [-0.2, -0.15) is 0 Å². The number of hydrogen-bond donors (Lipinski definition) is 7. The monoisotopic (exact) mass is 594 g/mol. The summed E-state index contributed by atoms with van der Waals surface area (Å²) in [7, 11) is 2.69. The lowest BCUT2D eigenvalue weighted by molar-refractivity contribution is -0.133. The van der Waals surface area contributed by atoms with E-state index >= 15 is 0 Å². The number of hydrogen-bond acceptors (Lipinski definition) is 9. The minimum absolute atomic E-state index is 0.0815. The van der Waals surface area contributed by atoms with E-state index in [0.717, 1.165) is 19.1 Å². The van der Waals surface area contributed by atoms with Crippen molar-refractivity contribution in [2.45, 2.75) is 71.6 Å². The summed E-state index contributed by atoms with van der Waals surface area (Å²) in [6, 6.07) is 6.55. The van der Waals surface area contributed by atoms with Gasteiger partial charge in [0.25, 0.3) is 0 Å². The quantitative estimate of drug-likeness (QED) is 0.118. The van der Waals surface area contributed by atoms with E-state index < -0.39 is 35.8 Å². The van der Waals surface area contributed by atoms with Crippen LogP contribution in [0.3, 0.4) is 0 Å². The van der Waals surface area contributed by atoms with Crippen molar-refractivity contribution in [3.63, 3.8) is 0 Å². The lowest BCUT2D eigenvalue weighted by Crippen LogP contribution is -2.57.